The van der Waals surface area contributed by atoms with Crippen molar-refractivity contribution in [1.29, 1.82) is 0 Å². The van der Waals surface area contributed by atoms with Crippen molar-refractivity contribution < 1.29 is 35.4 Å². The van der Waals surface area contributed by atoms with Crippen LogP contribution in [0, 0.1) is 0 Å². The highest BCUT2D eigenvalue weighted by Gasteiger charge is 2.33. The molecule has 0 bridgehead atoms. The van der Waals surface area contributed by atoms with Crippen molar-refractivity contribution in [3.63, 3.8) is 0 Å². The van der Waals surface area contributed by atoms with E-state index in [0.717, 1.165) is 46.3 Å². The molecule has 4 heterocycles. The molecule has 14 nitrogen and oxygen atoms in total. The van der Waals surface area contributed by atoms with E-state index in [4.69, 9.17) is 10.6 Å². The smallest absolute Gasteiger partial charge is 0.548 e. The van der Waals surface area contributed by atoms with Crippen molar-refractivity contribution in [3.05, 3.63) is 46.3 Å². The molecule has 3 aromatic rings. The van der Waals surface area contributed by atoms with Crippen LogP contribution in [0.5, 0.6) is 0 Å². The highest BCUT2D eigenvalue weighted by atomic mass is 32.2. The molecule has 0 aliphatic carbocycles. The molecule has 0 spiro atoms. The Morgan fingerprint density at radius 1 is 1.35 bits per heavy atom. The molecule has 1 aliphatic heterocycles. The number of nitrogen functional groups attached to an aromatic ring is 1. The summed E-state index contributed by atoms with van der Waals surface area (Å²) < 4.78 is 6.40. The predicted octanol–water partition coefficient (Wildman–Crippen LogP) is -1.43. The minimum absolute atomic E-state index is 0. The number of aryl methyl sites for hydroxylation is 1. The fraction of sp³-hybridized carbons (Fsp3) is 0.273. The number of thiazole rings is 1. The van der Waals surface area contributed by atoms with E-state index >= 15 is 0 Å². The molecule has 4 rings (SSSR count). The number of aliphatic carboxylic acids is 2. The largest absolute Gasteiger partial charge is 1.00 e. The van der Waals surface area contributed by atoms with Crippen molar-refractivity contribution in [1.82, 2.24) is 25.0 Å². The van der Waals surface area contributed by atoms with Crippen LogP contribution in [-0.2, 0) is 26.3 Å². The number of carboxylic acid groups (broad SMARTS) is 2. The van der Waals surface area contributed by atoms with Crippen LogP contribution in [0.4, 0.5) is 5.13 Å². The molecule has 0 saturated heterocycles. The summed E-state index contributed by atoms with van der Waals surface area (Å²) in [4.78, 5) is 50.8. The molecule has 3 aromatic heterocycles. The van der Waals surface area contributed by atoms with Gasteiger partial charge in [-0.2, -0.15) is 9.36 Å². The van der Waals surface area contributed by atoms with Gasteiger partial charge in [-0.15, -0.1) is 23.1 Å². The number of nitrogens with two attached hydrogens (primary N) is 1. The lowest BCUT2D eigenvalue weighted by atomic mass is 10.2. The van der Waals surface area contributed by atoms with E-state index in [2.05, 4.69) is 30.1 Å². The molecule has 1 aliphatic rings. The fourth-order valence-corrected chi connectivity index (χ4v) is 6.97. The van der Waals surface area contributed by atoms with Gasteiger partial charge in [-0.25, -0.2) is 9.55 Å². The number of pyridine rings is 1. The van der Waals surface area contributed by atoms with Gasteiger partial charge in [-0.05, 0) is 6.92 Å². The number of nitrogens with one attached hydrogen (secondary N) is 2. The third-order valence-electron chi connectivity index (χ3n) is 5.13. The number of anilines is 1. The van der Waals surface area contributed by atoms with Gasteiger partial charge in [-0.1, -0.05) is 16.9 Å². The Morgan fingerprint density at radius 3 is 2.73 bits per heavy atom. The molecule has 2 unspecified atom stereocenters. The van der Waals surface area contributed by atoms with E-state index in [-0.39, 0.29) is 30.4 Å². The van der Waals surface area contributed by atoms with Crippen molar-refractivity contribution in [2.75, 3.05) is 18.1 Å². The number of oxime groups is 1. The summed E-state index contributed by atoms with van der Waals surface area (Å²) in [5.74, 6) is -4.23. The number of carbonyl (C=O) groups excluding carboxylic acids is 3. The number of hydrogen-bond acceptors (Lipinski definition) is 16. The zero-order valence-corrected chi connectivity index (χ0v) is 24.1. The van der Waals surface area contributed by atoms with Crippen LogP contribution < -0.4 is 31.1 Å². The first-order valence-electron chi connectivity index (χ1n) is 11.4. The van der Waals surface area contributed by atoms with Crippen LogP contribution in [-0.4, -0.2) is 61.7 Å². The second-order valence-corrected chi connectivity index (χ2v) is 12.0. The summed E-state index contributed by atoms with van der Waals surface area (Å²) in [5, 5.41) is 33.5. The first-order chi connectivity index (χ1) is 19.2. The van der Waals surface area contributed by atoms with Crippen molar-refractivity contribution >= 4 is 75.1 Å². The quantitative estimate of drug-likeness (QED) is 0.127. The van der Waals surface area contributed by atoms with E-state index in [0.29, 0.717) is 9.24 Å². The van der Waals surface area contributed by atoms with Gasteiger partial charge in [0, 0.05) is 45.3 Å². The Labute approximate surface area is 245 Å². The number of nitrogens with zero attached hydrogens (tertiary/aromatic N) is 5. The Kier molecular flexibility index (Phi) is 9.56. The summed E-state index contributed by atoms with van der Waals surface area (Å²) in [6.07, 6.45) is 3.78. The Hall–Kier alpha value is -3.74. The van der Waals surface area contributed by atoms with E-state index in [1.54, 1.807) is 6.92 Å². The van der Waals surface area contributed by atoms with Crippen molar-refractivity contribution in [3.8, 4) is 11.3 Å². The molecule has 0 radical (unpaired) electrons. The Morgan fingerprint density at radius 2 is 2.10 bits per heavy atom. The highest BCUT2D eigenvalue weighted by molar-refractivity contribution is 8.07. The Balaban J connectivity index is 0.00000462. The van der Waals surface area contributed by atoms with Gasteiger partial charge in [-0.3, -0.25) is 4.79 Å². The van der Waals surface area contributed by atoms with Gasteiger partial charge in [0.05, 0.1) is 34.7 Å². The third kappa shape index (κ3) is 7.06. The second-order valence-electron chi connectivity index (χ2n) is 7.90. The van der Waals surface area contributed by atoms with E-state index in [1.807, 2.05) is 41.5 Å². The van der Waals surface area contributed by atoms with Gasteiger partial charge >= 0.3 is 1.43 Å². The van der Waals surface area contributed by atoms with Crippen molar-refractivity contribution in [2.24, 2.45) is 12.2 Å². The second kappa shape index (κ2) is 13.1. The van der Waals surface area contributed by atoms with Crippen LogP contribution in [0.1, 0.15) is 14.2 Å². The van der Waals surface area contributed by atoms with E-state index in [9.17, 15) is 24.6 Å². The average Bonchev–Trinajstić information content (AvgIpc) is 3.57. The predicted molar refractivity (Wildman–Crippen MR) is 147 cm³/mol. The number of carbonyl (C=O) groups is 3. The lowest BCUT2D eigenvalue weighted by Crippen LogP contribution is -2.60. The minimum Gasteiger partial charge on any atom is -0.548 e. The third-order valence-corrected chi connectivity index (χ3v) is 9.09. The first kappa shape index (κ1) is 29.2. The number of hydrogen-bond donors (Lipinski definition) is 3. The molecule has 210 valence electrons. The standard InChI is InChI=1S/C22H22N8O6S4/c1-3-36-28-14(16-27-21(23)40-29-16)17(31)25-15(20(34)35)18-26-13(19(32)33)12(9-37-18)39-22-24-11(8-38-22)10-4-6-30(2)7-5-10/h4-8,15,18,26H,3,9H2,1-2H3,(H4-,23,25,27,29,31,32,33,34,35). The van der Waals surface area contributed by atoms with Gasteiger partial charge in [0.15, 0.2) is 21.9 Å². The summed E-state index contributed by atoms with van der Waals surface area (Å²) >= 11 is 4.35. The summed E-state index contributed by atoms with van der Waals surface area (Å²) in [6.45, 7) is 1.75. The summed E-state index contributed by atoms with van der Waals surface area (Å²) in [6, 6.07) is 2.15. The van der Waals surface area contributed by atoms with Crippen LogP contribution in [0.2, 0.25) is 0 Å². The van der Waals surface area contributed by atoms with Crippen LogP contribution in [0.15, 0.2) is 50.0 Å². The average molecular weight is 623 g/mol. The van der Waals surface area contributed by atoms with Crippen LogP contribution >= 0.6 is 46.4 Å². The van der Waals surface area contributed by atoms with E-state index < -0.39 is 35.0 Å². The number of carboxylic acids is 2. The van der Waals surface area contributed by atoms with Gasteiger partial charge in [0.1, 0.15) is 13.7 Å². The van der Waals surface area contributed by atoms with E-state index in [1.165, 1.54) is 11.3 Å². The number of rotatable bonds is 11. The zero-order chi connectivity index (χ0) is 28.8. The highest BCUT2D eigenvalue weighted by Crippen LogP contribution is 2.38. The lowest BCUT2D eigenvalue weighted by molar-refractivity contribution is -0.671. The molecule has 1 amide bonds. The van der Waals surface area contributed by atoms with Gasteiger partial charge < -0.3 is 41.0 Å². The van der Waals surface area contributed by atoms with Crippen molar-refractivity contribution in [2.45, 2.75) is 22.7 Å². The van der Waals surface area contributed by atoms with Gasteiger partial charge in [0.25, 0.3) is 5.91 Å². The fourth-order valence-electron chi connectivity index (χ4n) is 3.26. The summed E-state index contributed by atoms with van der Waals surface area (Å²) in [7, 11) is 1.90. The molecule has 40 heavy (non-hydrogen) atoms. The van der Waals surface area contributed by atoms with Gasteiger partial charge in [0.2, 0.25) is 11.5 Å². The number of amides is 1. The molecule has 4 N–H and O–H groups in total. The molecular weight excluding hydrogens is 601 g/mol. The zero-order valence-electron chi connectivity index (χ0n) is 21.9. The SMILES string of the molecule is CCON=C(C(=O)NC(C(=O)[O-])C1NC(C(=O)[O-])=C(Sc2nc(-c3cc[n+](C)cc3)cs2)CS1)c1nsc(N)n1.[H+]. The topological polar surface area (TPSA) is 212 Å². The maximum Gasteiger partial charge on any atom is 1.00 e. The number of thioether (sulfide) groups is 2. The molecular formula is C22H22N8O6S4. The molecule has 2 atom stereocenters. The molecule has 0 fully saturated rings. The first-order valence-corrected chi connectivity index (χ1v) is 14.9. The number of aromatic nitrogens is 4. The Bertz CT molecular complexity index is 1480. The molecule has 18 heteroatoms. The van der Waals surface area contributed by atoms with Crippen LogP contribution in [0.3, 0.4) is 0 Å². The normalized spacial score (nSPS) is 16.2. The monoisotopic (exact) mass is 622 g/mol. The minimum atomic E-state index is -1.67. The molecule has 0 saturated carbocycles. The lowest BCUT2D eigenvalue weighted by Gasteiger charge is -2.35. The molecule has 0 aromatic carbocycles. The maximum atomic E-state index is 13.0. The summed E-state index contributed by atoms with van der Waals surface area (Å²) in [5.41, 5.74) is 6.51. The maximum absolute atomic E-state index is 13.0. The van der Waals surface area contributed by atoms with Crippen LogP contribution in [0.25, 0.3) is 11.3 Å².